The van der Waals surface area contributed by atoms with E-state index in [9.17, 15) is 9.90 Å². The van der Waals surface area contributed by atoms with Crippen molar-refractivity contribution >= 4 is 28.6 Å². The number of aryl methyl sites for hydroxylation is 1. The number of phenols is 1. The fourth-order valence-corrected chi connectivity index (χ4v) is 4.29. The van der Waals surface area contributed by atoms with Gasteiger partial charge in [0.15, 0.2) is 0 Å². The van der Waals surface area contributed by atoms with Crippen LogP contribution in [0.1, 0.15) is 31.0 Å². The molecule has 4 aromatic rings. The molecule has 32 heavy (non-hydrogen) atoms. The molecule has 6 heteroatoms. The third-order valence-corrected chi connectivity index (χ3v) is 5.93. The second-order valence-electron chi connectivity index (χ2n) is 7.92. The van der Waals surface area contributed by atoms with Gasteiger partial charge < -0.3 is 15.7 Å². The van der Waals surface area contributed by atoms with Gasteiger partial charge in [0.2, 0.25) is 5.95 Å². The lowest BCUT2D eigenvalue weighted by molar-refractivity contribution is -0.113. The number of fused-ring (bicyclic) bond motifs is 3. The number of carbonyl (C=O) groups is 1. The molecule has 2 heterocycles. The Morgan fingerprint density at radius 3 is 2.53 bits per heavy atom. The van der Waals surface area contributed by atoms with E-state index >= 15 is 0 Å². The zero-order valence-electron chi connectivity index (χ0n) is 18.0. The van der Waals surface area contributed by atoms with E-state index in [1.165, 1.54) is 5.56 Å². The summed E-state index contributed by atoms with van der Waals surface area (Å²) in [6.45, 7) is 3.96. The molecule has 3 N–H and O–H groups in total. The number of aromatic hydroxyl groups is 1. The van der Waals surface area contributed by atoms with E-state index in [1.807, 2.05) is 72.2 Å². The lowest BCUT2D eigenvalue weighted by atomic mass is 9.93. The highest BCUT2D eigenvalue weighted by atomic mass is 16.3. The maximum Gasteiger partial charge on any atom is 0.255 e. The van der Waals surface area contributed by atoms with Crippen molar-refractivity contribution in [2.24, 2.45) is 0 Å². The molecule has 0 unspecified atom stereocenters. The highest BCUT2D eigenvalue weighted by Crippen LogP contribution is 2.42. The lowest BCUT2D eigenvalue weighted by Gasteiger charge is -2.31. The minimum atomic E-state index is -0.533. The molecule has 0 fully saturated rings. The second kappa shape index (κ2) is 7.89. The fraction of sp³-hybridized carbons (Fsp3) is 0.154. The molecule has 1 atom stereocenters. The van der Waals surface area contributed by atoms with E-state index in [1.54, 1.807) is 12.1 Å². The van der Waals surface area contributed by atoms with Crippen molar-refractivity contribution in [2.45, 2.75) is 26.3 Å². The molecule has 0 bridgehead atoms. The average Bonchev–Trinajstić information content (AvgIpc) is 3.17. The summed E-state index contributed by atoms with van der Waals surface area (Å²) in [6, 6.07) is 22.2. The molecule has 0 saturated carbocycles. The van der Waals surface area contributed by atoms with Crippen LogP contribution in [0.4, 0.5) is 11.6 Å². The number of benzene rings is 3. The van der Waals surface area contributed by atoms with E-state index in [-0.39, 0.29) is 11.7 Å². The number of para-hydroxylation sites is 3. The largest absolute Gasteiger partial charge is 0.508 e. The van der Waals surface area contributed by atoms with Gasteiger partial charge in [-0.15, -0.1) is 0 Å². The predicted octanol–water partition coefficient (Wildman–Crippen LogP) is 5.23. The van der Waals surface area contributed by atoms with Crippen LogP contribution in [0.15, 0.2) is 84.1 Å². The van der Waals surface area contributed by atoms with Crippen LogP contribution >= 0.6 is 0 Å². The van der Waals surface area contributed by atoms with Gasteiger partial charge in [-0.25, -0.2) is 4.98 Å². The van der Waals surface area contributed by atoms with E-state index in [4.69, 9.17) is 4.98 Å². The van der Waals surface area contributed by atoms with Gasteiger partial charge in [0.05, 0.1) is 22.6 Å². The van der Waals surface area contributed by atoms with Gasteiger partial charge in [-0.05, 0) is 49.2 Å². The summed E-state index contributed by atoms with van der Waals surface area (Å²) in [7, 11) is 0. The monoisotopic (exact) mass is 424 g/mol. The molecule has 160 valence electrons. The molecular formula is C26H24N4O2. The normalized spacial score (nSPS) is 15.4. The van der Waals surface area contributed by atoms with Gasteiger partial charge in [-0.2, -0.15) is 0 Å². The van der Waals surface area contributed by atoms with Crippen molar-refractivity contribution in [3.8, 4) is 5.75 Å². The third-order valence-electron chi connectivity index (χ3n) is 5.93. The topological polar surface area (TPSA) is 79.2 Å². The molecule has 0 spiro atoms. The van der Waals surface area contributed by atoms with Crippen LogP contribution in [-0.2, 0) is 11.2 Å². The smallest absolute Gasteiger partial charge is 0.255 e. The number of anilines is 2. The predicted molar refractivity (Wildman–Crippen MR) is 127 cm³/mol. The third kappa shape index (κ3) is 3.30. The quantitative estimate of drug-likeness (QED) is 0.419. The summed E-state index contributed by atoms with van der Waals surface area (Å²) in [4.78, 5) is 18.3. The summed E-state index contributed by atoms with van der Waals surface area (Å²) in [5, 5.41) is 17.0. The van der Waals surface area contributed by atoms with Crippen LogP contribution in [0.2, 0.25) is 0 Å². The minimum absolute atomic E-state index is 0.133. The van der Waals surface area contributed by atoms with Gasteiger partial charge >= 0.3 is 0 Å². The Morgan fingerprint density at radius 1 is 1.06 bits per heavy atom. The molecule has 0 radical (unpaired) electrons. The summed E-state index contributed by atoms with van der Waals surface area (Å²) in [6.07, 6.45) is 0.939. The van der Waals surface area contributed by atoms with Gasteiger partial charge in [0.1, 0.15) is 5.75 Å². The molecule has 5 rings (SSSR count). The zero-order valence-corrected chi connectivity index (χ0v) is 18.0. The van der Waals surface area contributed by atoms with Crippen molar-refractivity contribution in [1.82, 2.24) is 9.55 Å². The Balaban J connectivity index is 1.64. The van der Waals surface area contributed by atoms with Crippen molar-refractivity contribution in [3.63, 3.8) is 0 Å². The molecule has 0 aliphatic carbocycles. The number of hydrogen-bond acceptors (Lipinski definition) is 4. The van der Waals surface area contributed by atoms with Crippen LogP contribution in [0, 0.1) is 0 Å². The Kier molecular flexibility index (Phi) is 4.90. The number of nitrogens with zero attached hydrogens (tertiary/aromatic N) is 2. The number of phenolic OH excluding ortho intramolecular Hbond substituents is 1. The maximum atomic E-state index is 13.6. The zero-order chi connectivity index (χ0) is 22.2. The summed E-state index contributed by atoms with van der Waals surface area (Å²) < 4.78 is 1.98. The van der Waals surface area contributed by atoms with Crippen LogP contribution in [0.25, 0.3) is 11.0 Å². The van der Waals surface area contributed by atoms with Gasteiger partial charge in [-0.3, -0.25) is 9.36 Å². The molecule has 1 aromatic heterocycles. The summed E-state index contributed by atoms with van der Waals surface area (Å²) in [5.74, 6) is 0.547. The SMILES string of the molecule is CCc1ccc(NC(=O)C2=C(C)Nc3nc4ccccc4n3[C@H]2c2ccccc2O)cc1. The summed E-state index contributed by atoms with van der Waals surface area (Å²) >= 11 is 0. The fourth-order valence-electron chi connectivity index (χ4n) is 4.29. The first-order valence-electron chi connectivity index (χ1n) is 10.7. The Bertz CT molecular complexity index is 1350. The second-order valence-corrected chi connectivity index (χ2v) is 7.92. The van der Waals surface area contributed by atoms with E-state index in [0.717, 1.165) is 23.1 Å². The minimum Gasteiger partial charge on any atom is -0.508 e. The van der Waals surface area contributed by atoms with E-state index in [2.05, 4.69) is 17.6 Å². The first-order chi connectivity index (χ1) is 15.6. The highest BCUT2D eigenvalue weighted by Gasteiger charge is 2.35. The van der Waals surface area contributed by atoms with Crippen LogP contribution in [0.5, 0.6) is 5.75 Å². The number of allylic oxidation sites excluding steroid dienone is 1. The molecule has 0 saturated heterocycles. The van der Waals surface area contributed by atoms with Crippen LogP contribution in [-0.4, -0.2) is 20.6 Å². The number of imidazole rings is 1. The number of hydrogen-bond donors (Lipinski definition) is 3. The first-order valence-corrected chi connectivity index (χ1v) is 10.7. The highest BCUT2D eigenvalue weighted by molar-refractivity contribution is 6.06. The Hall–Kier alpha value is -4.06. The van der Waals surface area contributed by atoms with Crippen molar-refractivity contribution in [1.29, 1.82) is 0 Å². The number of nitrogens with one attached hydrogen (secondary N) is 2. The van der Waals surface area contributed by atoms with E-state index in [0.29, 0.717) is 22.8 Å². The van der Waals surface area contributed by atoms with Gasteiger partial charge in [-0.1, -0.05) is 49.4 Å². The van der Waals surface area contributed by atoms with E-state index < -0.39 is 6.04 Å². The summed E-state index contributed by atoms with van der Waals surface area (Å²) in [5.41, 5.74) is 5.51. The number of amides is 1. The average molecular weight is 425 g/mol. The molecule has 1 amide bonds. The number of rotatable bonds is 4. The number of aromatic nitrogens is 2. The molecule has 6 nitrogen and oxygen atoms in total. The van der Waals surface area contributed by atoms with Gasteiger partial charge in [0.25, 0.3) is 5.91 Å². The molecular weight excluding hydrogens is 400 g/mol. The lowest BCUT2D eigenvalue weighted by Crippen LogP contribution is -2.31. The Labute approximate surface area is 186 Å². The first kappa shape index (κ1) is 19.9. The van der Waals surface area contributed by atoms with Crippen LogP contribution in [0.3, 0.4) is 0 Å². The van der Waals surface area contributed by atoms with Crippen molar-refractivity contribution in [2.75, 3.05) is 10.6 Å². The molecule has 3 aromatic carbocycles. The maximum absolute atomic E-state index is 13.6. The molecule has 1 aliphatic heterocycles. The van der Waals surface area contributed by atoms with Crippen molar-refractivity contribution in [3.05, 3.63) is 95.2 Å². The number of carbonyl (C=O) groups excluding carboxylic acids is 1. The van der Waals surface area contributed by atoms with Gasteiger partial charge in [0, 0.05) is 16.9 Å². The Morgan fingerprint density at radius 2 is 1.78 bits per heavy atom. The van der Waals surface area contributed by atoms with Crippen molar-refractivity contribution < 1.29 is 9.90 Å². The standard InChI is InChI=1S/C26H24N4O2/c1-3-17-12-14-18(15-13-17)28-25(32)23-16(2)27-26-29-20-9-5-6-10-21(20)30(26)24(23)19-8-4-7-11-22(19)31/h4-15,24,31H,3H2,1-2H3,(H,27,29)(H,28,32)/t24-/m0/s1. The molecule has 1 aliphatic rings. The van der Waals surface area contributed by atoms with Crippen LogP contribution < -0.4 is 10.6 Å².